The number of nitrogens with zero attached hydrogens (tertiary/aromatic N) is 2. The van der Waals surface area contributed by atoms with Gasteiger partial charge in [0.1, 0.15) is 0 Å². The number of rotatable bonds is 7. The Balaban J connectivity index is 1.18. The fraction of sp³-hybridized carbons (Fsp3) is 0.216. The predicted molar refractivity (Wildman–Crippen MR) is 330 cm³/mol. The third-order valence-corrected chi connectivity index (χ3v) is 16.2. The second-order valence-corrected chi connectivity index (χ2v) is 25.5. The van der Waals surface area contributed by atoms with Gasteiger partial charge in [-0.2, -0.15) is 0 Å². The summed E-state index contributed by atoms with van der Waals surface area (Å²) >= 11 is 0. The van der Waals surface area contributed by atoms with Crippen LogP contribution in [0.5, 0.6) is 0 Å². The molecule has 1 aromatic heterocycles. The molecule has 0 unspecified atom stereocenters. The van der Waals surface area contributed by atoms with Crippen molar-refractivity contribution in [1.82, 2.24) is 4.57 Å². The summed E-state index contributed by atoms with van der Waals surface area (Å²) in [6, 6.07) is 78.8. The molecule has 0 spiro atoms. The van der Waals surface area contributed by atoms with Gasteiger partial charge in [-0.3, -0.25) is 0 Å². The van der Waals surface area contributed by atoms with Gasteiger partial charge in [0.2, 0.25) is 0 Å². The summed E-state index contributed by atoms with van der Waals surface area (Å²) in [5.41, 5.74) is 19.3. The first kappa shape index (κ1) is 49.0. The minimum atomic E-state index is -0.100. The lowest BCUT2D eigenvalue weighted by molar-refractivity contribution is 0.590. The minimum Gasteiger partial charge on any atom is -0.309 e. The standard InChI is InChI=1S/C74H70N2/c1-71(2,3)51-33-25-47(26-34-51)55-19-13-14-20-56(55)62-46-54(74(10,11)12)38-44-68(62)76(67-43-37-53(73(7,8)9)45-61(67)48-27-35-52(36-28-48)72(4,5)6)66-42-32-50-29-39-59-65(41-31-49-30-40-60(66)70(50)69(49)59)75-63-23-17-15-21-57(63)58-22-16-18-24-64(58)75/h13-46H,1-12H3. The molecule has 1 heterocycles. The number of aromatic nitrogens is 1. The molecule has 0 saturated carbocycles. The molecule has 0 atom stereocenters. The van der Waals surface area contributed by atoms with E-state index < -0.39 is 0 Å². The van der Waals surface area contributed by atoms with E-state index in [1.807, 2.05) is 0 Å². The molecule has 11 aromatic carbocycles. The van der Waals surface area contributed by atoms with Crippen molar-refractivity contribution < 1.29 is 0 Å². The lowest BCUT2D eigenvalue weighted by Crippen LogP contribution is -2.17. The van der Waals surface area contributed by atoms with Crippen LogP contribution >= 0.6 is 0 Å². The van der Waals surface area contributed by atoms with Crippen LogP contribution in [0.25, 0.3) is 93.2 Å². The van der Waals surface area contributed by atoms with E-state index in [4.69, 9.17) is 0 Å². The highest BCUT2D eigenvalue weighted by Crippen LogP contribution is 2.52. The maximum absolute atomic E-state index is 2.61. The average molecular weight is 987 g/mol. The predicted octanol–water partition coefficient (Wildman–Crippen LogP) is 21.3. The summed E-state index contributed by atoms with van der Waals surface area (Å²) in [4.78, 5) is 2.61. The fourth-order valence-corrected chi connectivity index (χ4v) is 11.8. The zero-order valence-electron chi connectivity index (χ0n) is 46.5. The number of para-hydroxylation sites is 2. The van der Waals surface area contributed by atoms with E-state index >= 15 is 0 Å². The molecule has 0 aliphatic heterocycles. The lowest BCUT2D eigenvalue weighted by Gasteiger charge is -2.34. The van der Waals surface area contributed by atoms with Crippen LogP contribution in [-0.4, -0.2) is 4.57 Å². The Labute approximate surface area is 450 Å². The van der Waals surface area contributed by atoms with Gasteiger partial charge in [0, 0.05) is 32.7 Å². The van der Waals surface area contributed by atoms with Crippen molar-refractivity contribution in [2.24, 2.45) is 0 Å². The highest BCUT2D eigenvalue weighted by Gasteiger charge is 2.29. The SMILES string of the molecule is CC(C)(C)c1ccc(-c2ccccc2-c2cc(C(C)(C)C)ccc2N(c2ccc(C(C)(C)C)cc2-c2ccc(C(C)(C)C)cc2)c2ccc3ccc4c(-n5c6ccccc6c6ccccc65)ccc5ccc2c3c54)cc1. The number of hydrogen-bond donors (Lipinski definition) is 0. The highest BCUT2D eigenvalue weighted by atomic mass is 15.1. The molecule has 0 fully saturated rings. The third-order valence-electron chi connectivity index (χ3n) is 16.2. The van der Waals surface area contributed by atoms with E-state index in [-0.39, 0.29) is 21.7 Å². The van der Waals surface area contributed by atoms with E-state index in [1.165, 1.54) is 115 Å². The van der Waals surface area contributed by atoms with E-state index in [0.717, 1.165) is 17.1 Å². The maximum atomic E-state index is 2.61. The number of anilines is 3. The van der Waals surface area contributed by atoms with Crippen LogP contribution in [0.3, 0.4) is 0 Å². The molecule has 2 nitrogen and oxygen atoms in total. The van der Waals surface area contributed by atoms with E-state index in [2.05, 4.69) is 299 Å². The van der Waals surface area contributed by atoms with Gasteiger partial charge in [-0.15, -0.1) is 0 Å². The molecule has 0 aliphatic rings. The second kappa shape index (κ2) is 17.8. The molecular weight excluding hydrogens is 917 g/mol. The molecule has 376 valence electrons. The molecule has 0 bridgehead atoms. The quantitative estimate of drug-likeness (QED) is 0.145. The van der Waals surface area contributed by atoms with Gasteiger partial charge in [-0.1, -0.05) is 241 Å². The van der Waals surface area contributed by atoms with Crippen molar-refractivity contribution in [3.8, 4) is 39.1 Å². The molecule has 0 amide bonds. The summed E-state index contributed by atoms with van der Waals surface area (Å²) in [7, 11) is 0. The first-order valence-corrected chi connectivity index (χ1v) is 27.3. The molecular formula is C74H70N2. The van der Waals surface area contributed by atoms with Crippen LogP contribution < -0.4 is 4.90 Å². The molecule has 0 saturated heterocycles. The first-order chi connectivity index (χ1) is 36.2. The van der Waals surface area contributed by atoms with Crippen molar-refractivity contribution >= 4 is 71.2 Å². The van der Waals surface area contributed by atoms with Crippen molar-refractivity contribution in [2.75, 3.05) is 4.90 Å². The summed E-state index contributed by atoms with van der Waals surface area (Å²) in [6.07, 6.45) is 0. The first-order valence-electron chi connectivity index (χ1n) is 27.3. The minimum absolute atomic E-state index is 0.0218. The largest absolute Gasteiger partial charge is 0.309 e. The van der Waals surface area contributed by atoms with E-state index in [0.29, 0.717) is 0 Å². The summed E-state index contributed by atoms with van der Waals surface area (Å²) in [5, 5.41) is 9.99. The summed E-state index contributed by atoms with van der Waals surface area (Å²) in [6.45, 7) is 27.8. The monoisotopic (exact) mass is 987 g/mol. The van der Waals surface area contributed by atoms with Gasteiger partial charge in [0.25, 0.3) is 0 Å². The molecule has 12 aromatic rings. The van der Waals surface area contributed by atoms with Crippen LogP contribution in [0.15, 0.2) is 206 Å². The fourth-order valence-electron chi connectivity index (χ4n) is 11.8. The number of hydrogen-bond acceptors (Lipinski definition) is 1. The average Bonchev–Trinajstić information content (AvgIpc) is 3.81. The zero-order valence-corrected chi connectivity index (χ0v) is 46.5. The Kier molecular flexibility index (Phi) is 11.5. The van der Waals surface area contributed by atoms with E-state index in [1.54, 1.807) is 0 Å². The second-order valence-electron chi connectivity index (χ2n) is 25.5. The topological polar surface area (TPSA) is 8.17 Å². The van der Waals surface area contributed by atoms with Crippen molar-refractivity contribution in [3.63, 3.8) is 0 Å². The lowest BCUT2D eigenvalue weighted by atomic mass is 9.82. The number of fused-ring (bicyclic) bond motifs is 3. The Morgan fingerprint density at radius 1 is 0.289 bits per heavy atom. The highest BCUT2D eigenvalue weighted by molar-refractivity contribution is 6.28. The Bertz CT molecular complexity index is 4120. The molecule has 0 radical (unpaired) electrons. The number of benzene rings is 11. The van der Waals surface area contributed by atoms with Crippen LogP contribution in [0, 0.1) is 0 Å². The Morgan fingerprint density at radius 2 is 0.684 bits per heavy atom. The molecule has 0 N–H and O–H groups in total. The zero-order chi connectivity index (χ0) is 53.1. The van der Waals surface area contributed by atoms with Gasteiger partial charge in [0.15, 0.2) is 0 Å². The van der Waals surface area contributed by atoms with Crippen LogP contribution in [0.2, 0.25) is 0 Å². The van der Waals surface area contributed by atoms with Gasteiger partial charge < -0.3 is 9.47 Å². The molecule has 76 heavy (non-hydrogen) atoms. The van der Waals surface area contributed by atoms with Gasteiger partial charge >= 0.3 is 0 Å². The van der Waals surface area contributed by atoms with Gasteiger partial charge in [-0.25, -0.2) is 0 Å². The normalized spacial score (nSPS) is 12.7. The van der Waals surface area contributed by atoms with Crippen molar-refractivity contribution in [1.29, 1.82) is 0 Å². The summed E-state index contributed by atoms with van der Waals surface area (Å²) < 4.78 is 2.48. The Morgan fingerprint density at radius 3 is 1.22 bits per heavy atom. The van der Waals surface area contributed by atoms with E-state index in [9.17, 15) is 0 Å². The van der Waals surface area contributed by atoms with Crippen LogP contribution in [0.4, 0.5) is 17.1 Å². The summed E-state index contributed by atoms with van der Waals surface area (Å²) in [5.74, 6) is 0. The third kappa shape index (κ3) is 8.34. The maximum Gasteiger partial charge on any atom is 0.0541 e. The van der Waals surface area contributed by atoms with Crippen molar-refractivity contribution in [2.45, 2.75) is 105 Å². The molecule has 0 aliphatic carbocycles. The van der Waals surface area contributed by atoms with Gasteiger partial charge in [-0.05, 0) is 136 Å². The smallest absolute Gasteiger partial charge is 0.0541 e. The van der Waals surface area contributed by atoms with Crippen molar-refractivity contribution in [3.05, 3.63) is 229 Å². The van der Waals surface area contributed by atoms with Gasteiger partial charge in [0.05, 0.1) is 33.8 Å². The molecule has 12 rings (SSSR count). The van der Waals surface area contributed by atoms with Crippen LogP contribution in [-0.2, 0) is 21.7 Å². The molecule has 2 heteroatoms. The van der Waals surface area contributed by atoms with Crippen LogP contribution in [0.1, 0.15) is 105 Å². The Hall–Kier alpha value is -7.94.